The third kappa shape index (κ3) is 2.33. The van der Waals surface area contributed by atoms with Crippen molar-refractivity contribution in [3.05, 3.63) is 71.4 Å². The fourth-order valence-corrected chi connectivity index (χ4v) is 3.19. The van der Waals surface area contributed by atoms with E-state index in [2.05, 4.69) is 17.1 Å². The maximum Gasteiger partial charge on any atom is 0.156 e. The van der Waals surface area contributed by atoms with E-state index in [1.165, 1.54) is 0 Å². The average molecular weight is 322 g/mol. The van der Waals surface area contributed by atoms with Gasteiger partial charge in [-0.15, -0.1) is 0 Å². The normalized spacial score (nSPS) is 10.7. The first kappa shape index (κ1) is 14.9. The van der Waals surface area contributed by atoms with E-state index >= 15 is 0 Å². The Bertz CT molecular complexity index is 1190. The Labute approximate surface area is 145 Å². The molecule has 0 amide bonds. The van der Waals surface area contributed by atoms with Crippen molar-refractivity contribution in [2.45, 2.75) is 13.3 Å². The third-order valence-corrected chi connectivity index (χ3v) is 4.39. The van der Waals surface area contributed by atoms with Crippen LogP contribution in [-0.2, 0) is 6.42 Å². The molecule has 4 heteroatoms. The molecule has 0 aliphatic heterocycles. The number of hydrogen-bond acceptors (Lipinski definition) is 3. The maximum atomic E-state index is 9.81. The van der Waals surface area contributed by atoms with Crippen LogP contribution in [-0.4, -0.2) is 9.38 Å². The van der Waals surface area contributed by atoms with Crippen LogP contribution in [0.1, 0.15) is 16.8 Å². The Morgan fingerprint density at radius 1 is 1.04 bits per heavy atom. The highest BCUT2D eigenvalue weighted by atomic mass is 15.0. The van der Waals surface area contributed by atoms with Gasteiger partial charge in [0, 0.05) is 11.3 Å². The van der Waals surface area contributed by atoms with Crippen molar-refractivity contribution >= 4 is 16.7 Å². The molecule has 0 fully saturated rings. The zero-order valence-electron chi connectivity index (χ0n) is 13.7. The monoisotopic (exact) mass is 322 g/mol. The Balaban J connectivity index is 2.15. The van der Waals surface area contributed by atoms with Crippen molar-refractivity contribution in [1.82, 2.24) is 9.38 Å². The van der Waals surface area contributed by atoms with Crippen molar-refractivity contribution in [2.24, 2.45) is 0 Å². The lowest BCUT2D eigenvalue weighted by Crippen LogP contribution is -2.01. The van der Waals surface area contributed by atoms with Crippen molar-refractivity contribution in [2.75, 3.05) is 0 Å². The molecule has 0 unspecified atom stereocenters. The molecular formula is C21H14N4. The first-order valence-corrected chi connectivity index (χ1v) is 8.00. The Kier molecular flexibility index (Phi) is 3.45. The molecule has 2 heterocycles. The van der Waals surface area contributed by atoms with E-state index in [0.717, 1.165) is 33.4 Å². The summed E-state index contributed by atoms with van der Waals surface area (Å²) in [5, 5.41) is 19.1. The molecule has 118 valence electrons. The maximum absolute atomic E-state index is 9.81. The minimum absolute atomic E-state index is 0.251. The molecule has 4 aromatic rings. The first-order chi connectivity index (χ1) is 12.2. The zero-order chi connectivity index (χ0) is 17.4. The number of fused-ring (bicyclic) bond motifs is 3. The van der Waals surface area contributed by atoms with E-state index in [9.17, 15) is 10.5 Å². The highest BCUT2D eigenvalue weighted by molar-refractivity contribution is 5.87. The van der Waals surface area contributed by atoms with Gasteiger partial charge in [0.15, 0.2) is 5.65 Å². The molecule has 0 aliphatic rings. The average Bonchev–Trinajstić information content (AvgIpc) is 3.02. The largest absolute Gasteiger partial charge is 0.294 e. The van der Waals surface area contributed by atoms with E-state index < -0.39 is 0 Å². The molecule has 0 atom stereocenters. The molecule has 0 saturated heterocycles. The standard InChI is InChI=1S/C21H14N4/c1-14-6-8-15(9-7-14)17-12-16(10-11-22)25-20-5-3-2-4-19(20)24-21(25)18(17)13-23/h2-9,12H,10H2,1H3. The van der Waals surface area contributed by atoms with Gasteiger partial charge in [-0.1, -0.05) is 42.0 Å². The van der Waals surface area contributed by atoms with E-state index in [-0.39, 0.29) is 6.42 Å². The fraction of sp³-hybridized carbons (Fsp3) is 0.0952. The molecule has 0 radical (unpaired) electrons. The van der Waals surface area contributed by atoms with E-state index in [1.54, 1.807) is 0 Å². The van der Waals surface area contributed by atoms with Gasteiger partial charge in [0.2, 0.25) is 0 Å². The SMILES string of the molecule is Cc1ccc(-c2cc(CC#N)n3c(nc4ccccc43)c2C#N)cc1. The van der Waals surface area contributed by atoms with Gasteiger partial charge in [0.05, 0.1) is 23.5 Å². The quantitative estimate of drug-likeness (QED) is 0.549. The zero-order valence-corrected chi connectivity index (χ0v) is 13.7. The lowest BCUT2D eigenvalue weighted by molar-refractivity contribution is 1.06. The Hall–Kier alpha value is -3.63. The van der Waals surface area contributed by atoms with Crippen LogP contribution in [0.15, 0.2) is 54.6 Å². The number of aromatic nitrogens is 2. The molecular weight excluding hydrogens is 308 g/mol. The van der Waals surface area contributed by atoms with Crippen LogP contribution in [0.3, 0.4) is 0 Å². The van der Waals surface area contributed by atoms with Crippen LogP contribution in [0, 0.1) is 29.6 Å². The van der Waals surface area contributed by atoms with Gasteiger partial charge in [0.25, 0.3) is 0 Å². The van der Waals surface area contributed by atoms with E-state index in [0.29, 0.717) is 11.2 Å². The third-order valence-electron chi connectivity index (χ3n) is 4.39. The predicted octanol–water partition coefficient (Wildman–Crippen LogP) is 4.40. The Morgan fingerprint density at radius 3 is 2.52 bits per heavy atom. The number of pyridine rings is 1. The molecule has 0 N–H and O–H groups in total. The van der Waals surface area contributed by atoms with Crippen molar-refractivity contribution < 1.29 is 0 Å². The molecule has 0 bridgehead atoms. The number of benzene rings is 2. The van der Waals surface area contributed by atoms with Crippen LogP contribution in [0.25, 0.3) is 27.8 Å². The number of hydrogen-bond donors (Lipinski definition) is 0. The number of imidazole rings is 1. The first-order valence-electron chi connectivity index (χ1n) is 8.00. The summed E-state index contributed by atoms with van der Waals surface area (Å²) in [5.41, 5.74) is 6.63. The van der Waals surface area contributed by atoms with Crippen LogP contribution in [0.5, 0.6) is 0 Å². The molecule has 2 aromatic heterocycles. The fourth-order valence-electron chi connectivity index (χ4n) is 3.19. The predicted molar refractivity (Wildman–Crippen MR) is 96.9 cm³/mol. The highest BCUT2D eigenvalue weighted by Crippen LogP contribution is 2.31. The summed E-state index contributed by atoms with van der Waals surface area (Å²) < 4.78 is 1.93. The summed E-state index contributed by atoms with van der Waals surface area (Å²) in [5.74, 6) is 0. The second-order valence-electron chi connectivity index (χ2n) is 6.00. The van der Waals surface area contributed by atoms with Gasteiger partial charge in [-0.3, -0.25) is 4.40 Å². The lowest BCUT2D eigenvalue weighted by atomic mass is 9.99. The van der Waals surface area contributed by atoms with Gasteiger partial charge in [0.1, 0.15) is 11.6 Å². The second kappa shape index (κ2) is 5.78. The number of rotatable bonds is 2. The summed E-state index contributed by atoms with van der Waals surface area (Å²) in [6.45, 7) is 2.03. The van der Waals surface area contributed by atoms with Crippen molar-refractivity contribution in [3.63, 3.8) is 0 Å². The number of para-hydroxylation sites is 2. The summed E-state index contributed by atoms with van der Waals surface area (Å²) in [6, 6.07) is 22.3. The molecule has 4 rings (SSSR count). The summed E-state index contributed by atoms with van der Waals surface area (Å²) >= 11 is 0. The molecule has 25 heavy (non-hydrogen) atoms. The van der Waals surface area contributed by atoms with E-state index in [1.807, 2.05) is 65.9 Å². The number of nitrogens with zero attached hydrogens (tertiary/aromatic N) is 4. The lowest BCUT2D eigenvalue weighted by Gasteiger charge is -2.11. The minimum atomic E-state index is 0.251. The smallest absolute Gasteiger partial charge is 0.156 e. The molecule has 4 nitrogen and oxygen atoms in total. The van der Waals surface area contributed by atoms with Gasteiger partial charge < -0.3 is 0 Å². The molecule has 0 spiro atoms. The van der Waals surface area contributed by atoms with Gasteiger partial charge in [-0.05, 0) is 30.7 Å². The van der Waals surface area contributed by atoms with Gasteiger partial charge in [-0.2, -0.15) is 10.5 Å². The topological polar surface area (TPSA) is 64.9 Å². The summed E-state index contributed by atoms with van der Waals surface area (Å²) in [4.78, 5) is 4.66. The summed E-state index contributed by atoms with van der Waals surface area (Å²) in [6.07, 6.45) is 0.251. The van der Waals surface area contributed by atoms with Crippen LogP contribution in [0.2, 0.25) is 0 Å². The molecule has 2 aromatic carbocycles. The second-order valence-corrected chi connectivity index (χ2v) is 6.00. The van der Waals surface area contributed by atoms with Gasteiger partial charge >= 0.3 is 0 Å². The number of aryl methyl sites for hydroxylation is 1. The Morgan fingerprint density at radius 2 is 1.80 bits per heavy atom. The highest BCUT2D eigenvalue weighted by Gasteiger charge is 2.17. The van der Waals surface area contributed by atoms with Crippen LogP contribution in [0.4, 0.5) is 0 Å². The van der Waals surface area contributed by atoms with E-state index in [4.69, 9.17) is 0 Å². The van der Waals surface area contributed by atoms with Crippen molar-refractivity contribution in [1.29, 1.82) is 10.5 Å². The number of nitriles is 2. The molecule has 0 saturated carbocycles. The minimum Gasteiger partial charge on any atom is -0.294 e. The van der Waals surface area contributed by atoms with Gasteiger partial charge in [-0.25, -0.2) is 4.98 Å². The van der Waals surface area contributed by atoms with Crippen molar-refractivity contribution in [3.8, 4) is 23.3 Å². The molecule has 0 aliphatic carbocycles. The summed E-state index contributed by atoms with van der Waals surface area (Å²) in [7, 11) is 0. The van der Waals surface area contributed by atoms with Crippen LogP contribution < -0.4 is 0 Å². The van der Waals surface area contributed by atoms with Crippen LogP contribution >= 0.6 is 0 Å².